The van der Waals surface area contributed by atoms with Gasteiger partial charge < -0.3 is 10.2 Å². The molecule has 1 atom stereocenters. The molecule has 0 spiro atoms. The molecule has 8 heteroatoms. The highest BCUT2D eigenvalue weighted by atomic mass is 32.1. The zero-order chi connectivity index (χ0) is 16.6. The number of rotatable bonds is 2. The number of anilines is 1. The second-order valence-electron chi connectivity index (χ2n) is 5.65. The van der Waals surface area contributed by atoms with Crippen LogP contribution in [0.3, 0.4) is 0 Å². The largest absolute Gasteiger partial charge is 0.352 e. The fourth-order valence-electron chi connectivity index (χ4n) is 2.62. The average molecular weight is 336 g/mol. The van der Waals surface area contributed by atoms with E-state index >= 15 is 0 Å². The zero-order valence-electron chi connectivity index (χ0n) is 12.9. The highest BCUT2D eigenvalue weighted by Crippen LogP contribution is 2.28. The molecule has 1 aliphatic rings. The molecule has 1 aromatic carbocycles. The SMILES string of the molecule is CC(=O)NC1CCN(C(=O)Nc2nc3cc(F)c(C)cc3s2)C1. The van der Waals surface area contributed by atoms with Crippen molar-refractivity contribution in [3.05, 3.63) is 23.5 Å². The minimum atomic E-state index is -0.307. The van der Waals surface area contributed by atoms with E-state index in [9.17, 15) is 14.0 Å². The Morgan fingerprint density at radius 2 is 2.22 bits per heavy atom. The number of hydrogen-bond acceptors (Lipinski definition) is 4. The minimum absolute atomic E-state index is 0.00892. The van der Waals surface area contributed by atoms with Crippen LogP contribution in [-0.2, 0) is 4.79 Å². The van der Waals surface area contributed by atoms with Crippen LogP contribution in [0.5, 0.6) is 0 Å². The molecule has 1 aliphatic heterocycles. The summed E-state index contributed by atoms with van der Waals surface area (Å²) in [6, 6.07) is 2.83. The molecule has 2 N–H and O–H groups in total. The summed E-state index contributed by atoms with van der Waals surface area (Å²) in [6.45, 7) is 4.21. The molecule has 1 fully saturated rings. The molecule has 0 bridgehead atoms. The van der Waals surface area contributed by atoms with Gasteiger partial charge in [0.25, 0.3) is 0 Å². The molecule has 3 amide bonds. The van der Waals surface area contributed by atoms with E-state index in [1.165, 1.54) is 24.3 Å². The second kappa shape index (κ2) is 6.11. The van der Waals surface area contributed by atoms with Crippen molar-refractivity contribution in [3.8, 4) is 0 Å². The third-order valence-corrected chi connectivity index (χ3v) is 4.70. The molecule has 2 aromatic rings. The topological polar surface area (TPSA) is 74.3 Å². The minimum Gasteiger partial charge on any atom is -0.352 e. The standard InChI is InChI=1S/C15H17FN4O2S/c1-8-5-13-12(6-11(8)16)18-14(23-13)19-15(22)20-4-3-10(7-20)17-9(2)21/h5-6,10H,3-4,7H2,1-2H3,(H,17,21)(H,18,19,22). The molecule has 1 saturated heterocycles. The number of nitrogens with zero attached hydrogens (tertiary/aromatic N) is 2. The first-order chi connectivity index (χ1) is 10.9. The third kappa shape index (κ3) is 3.42. The highest BCUT2D eigenvalue weighted by Gasteiger charge is 2.27. The van der Waals surface area contributed by atoms with Crippen molar-refractivity contribution in [1.29, 1.82) is 0 Å². The predicted octanol–water partition coefficient (Wildman–Crippen LogP) is 2.49. The third-order valence-electron chi connectivity index (χ3n) is 3.77. The van der Waals surface area contributed by atoms with Crippen molar-refractivity contribution in [2.24, 2.45) is 0 Å². The first-order valence-electron chi connectivity index (χ1n) is 7.32. The lowest BCUT2D eigenvalue weighted by molar-refractivity contribution is -0.119. The first kappa shape index (κ1) is 15.7. The van der Waals surface area contributed by atoms with Crippen LogP contribution in [0.25, 0.3) is 10.2 Å². The molecule has 6 nitrogen and oxygen atoms in total. The van der Waals surface area contributed by atoms with Crippen molar-refractivity contribution >= 4 is 38.6 Å². The molecule has 3 rings (SSSR count). The molecule has 1 aromatic heterocycles. The van der Waals surface area contributed by atoms with Gasteiger partial charge in [0, 0.05) is 32.1 Å². The summed E-state index contributed by atoms with van der Waals surface area (Å²) in [7, 11) is 0. The number of halogens is 1. The quantitative estimate of drug-likeness (QED) is 0.885. The van der Waals surface area contributed by atoms with Gasteiger partial charge in [0.2, 0.25) is 5.91 Å². The Kier molecular flexibility index (Phi) is 4.16. The summed E-state index contributed by atoms with van der Waals surface area (Å²) in [6.07, 6.45) is 0.733. The first-order valence-corrected chi connectivity index (χ1v) is 8.14. The van der Waals surface area contributed by atoms with E-state index in [1.807, 2.05) is 0 Å². The Hall–Kier alpha value is -2.22. The maximum absolute atomic E-state index is 13.5. The van der Waals surface area contributed by atoms with Crippen LogP contribution in [0.2, 0.25) is 0 Å². The molecular weight excluding hydrogens is 319 g/mol. The Bertz CT molecular complexity index is 737. The number of urea groups is 1. The second-order valence-corrected chi connectivity index (χ2v) is 6.68. The molecule has 0 radical (unpaired) electrons. The Labute approximate surface area is 136 Å². The number of likely N-dealkylation sites (tertiary alicyclic amines) is 1. The number of aromatic nitrogens is 1. The monoisotopic (exact) mass is 336 g/mol. The van der Waals surface area contributed by atoms with Crippen molar-refractivity contribution in [2.75, 3.05) is 18.4 Å². The van der Waals surface area contributed by atoms with Gasteiger partial charge in [-0.1, -0.05) is 11.3 Å². The van der Waals surface area contributed by atoms with Gasteiger partial charge in [-0.2, -0.15) is 0 Å². The van der Waals surface area contributed by atoms with E-state index in [-0.39, 0.29) is 23.8 Å². The van der Waals surface area contributed by atoms with E-state index in [0.29, 0.717) is 29.3 Å². The number of thiazole rings is 1. The summed E-state index contributed by atoms with van der Waals surface area (Å²) in [5.74, 6) is -0.404. The summed E-state index contributed by atoms with van der Waals surface area (Å²) in [5.41, 5.74) is 1.09. The van der Waals surface area contributed by atoms with Crippen LogP contribution in [0, 0.1) is 12.7 Å². The van der Waals surface area contributed by atoms with Crippen LogP contribution in [0.1, 0.15) is 18.9 Å². The van der Waals surface area contributed by atoms with E-state index in [1.54, 1.807) is 17.9 Å². The fraction of sp³-hybridized carbons (Fsp3) is 0.400. The van der Waals surface area contributed by atoms with Gasteiger partial charge in [-0.3, -0.25) is 10.1 Å². The molecule has 122 valence electrons. The lowest BCUT2D eigenvalue weighted by Crippen LogP contribution is -2.38. The molecule has 23 heavy (non-hydrogen) atoms. The smallest absolute Gasteiger partial charge is 0.323 e. The molecule has 0 aliphatic carbocycles. The molecule has 2 heterocycles. The van der Waals surface area contributed by atoms with Crippen LogP contribution in [0.4, 0.5) is 14.3 Å². The Morgan fingerprint density at radius 1 is 1.43 bits per heavy atom. The average Bonchev–Trinajstić information content (AvgIpc) is 3.05. The van der Waals surface area contributed by atoms with Crippen molar-refractivity contribution < 1.29 is 14.0 Å². The summed E-state index contributed by atoms with van der Waals surface area (Å²) >= 11 is 1.31. The van der Waals surface area contributed by atoms with Gasteiger partial charge in [0.05, 0.1) is 10.2 Å². The van der Waals surface area contributed by atoms with Gasteiger partial charge >= 0.3 is 6.03 Å². The Morgan fingerprint density at radius 3 is 2.96 bits per heavy atom. The number of fused-ring (bicyclic) bond motifs is 1. The summed E-state index contributed by atoms with van der Waals surface area (Å²) in [4.78, 5) is 29.2. The Balaban J connectivity index is 1.67. The fourth-order valence-corrected chi connectivity index (χ4v) is 3.56. The summed E-state index contributed by atoms with van der Waals surface area (Å²) in [5, 5.41) is 6.00. The normalized spacial score (nSPS) is 17.5. The molecule has 1 unspecified atom stereocenters. The van der Waals surface area contributed by atoms with E-state index in [4.69, 9.17) is 0 Å². The predicted molar refractivity (Wildman–Crippen MR) is 87.1 cm³/mol. The molecular formula is C15H17FN4O2S. The van der Waals surface area contributed by atoms with Gasteiger partial charge in [0.1, 0.15) is 5.82 Å². The summed E-state index contributed by atoms with van der Waals surface area (Å²) < 4.78 is 14.4. The van der Waals surface area contributed by atoms with Gasteiger partial charge in [-0.05, 0) is 25.0 Å². The molecule has 0 saturated carbocycles. The number of carbonyl (C=O) groups excluding carboxylic acids is 2. The van der Waals surface area contributed by atoms with Crippen LogP contribution in [-0.4, -0.2) is 41.0 Å². The van der Waals surface area contributed by atoms with Gasteiger partial charge in [-0.15, -0.1) is 0 Å². The van der Waals surface area contributed by atoms with E-state index < -0.39 is 0 Å². The van der Waals surface area contributed by atoms with Gasteiger partial charge in [0.15, 0.2) is 5.13 Å². The van der Waals surface area contributed by atoms with Crippen molar-refractivity contribution in [1.82, 2.24) is 15.2 Å². The number of amides is 3. The van der Waals surface area contributed by atoms with Crippen molar-refractivity contribution in [3.63, 3.8) is 0 Å². The number of hydrogen-bond donors (Lipinski definition) is 2. The number of benzene rings is 1. The van der Waals surface area contributed by atoms with Crippen molar-refractivity contribution in [2.45, 2.75) is 26.3 Å². The number of aryl methyl sites for hydroxylation is 1. The van der Waals surface area contributed by atoms with E-state index in [0.717, 1.165) is 11.1 Å². The number of carbonyl (C=O) groups is 2. The van der Waals surface area contributed by atoms with Crippen LogP contribution >= 0.6 is 11.3 Å². The van der Waals surface area contributed by atoms with Gasteiger partial charge in [-0.25, -0.2) is 14.2 Å². The van der Waals surface area contributed by atoms with Crippen LogP contribution in [0.15, 0.2) is 12.1 Å². The number of nitrogens with one attached hydrogen (secondary N) is 2. The maximum Gasteiger partial charge on any atom is 0.323 e. The highest BCUT2D eigenvalue weighted by molar-refractivity contribution is 7.22. The van der Waals surface area contributed by atoms with Crippen LogP contribution < -0.4 is 10.6 Å². The lowest BCUT2D eigenvalue weighted by Gasteiger charge is -2.16. The lowest BCUT2D eigenvalue weighted by atomic mass is 10.2. The van der Waals surface area contributed by atoms with E-state index in [2.05, 4.69) is 15.6 Å². The zero-order valence-corrected chi connectivity index (χ0v) is 13.7. The maximum atomic E-state index is 13.5.